The number of imidazole rings is 1. The highest BCUT2D eigenvalue weighted by Gasteiger charge is 2.48. The molecule has 3 aromatic heterocycles. The molecule has 3 heterocycles. The van der Waals surface area contributed by atoms with Crippen molar-refractivity contribution in [3.05, 3.63) is 69.8 Å². The Morgan fingerprint density at radius 1 is 1.21 bits per heavy atom. The molecule has 1 aliphatic rings. The lowest BCUT2D eigenvalue weighted by molar-refractivity contribution is 0.0706. The van der Waals surface area contributed by atoms with Crippen LogP contribution in [-0.4, -0.2) is 57.6 Å². The Bertz CT molecular complexity index is 1340. The van der Waals surface area contributed by atoms with Crippen molar-refractivity contribution in [3.8, 4) is 11.4 Å². The van der Waals surface area contributed by atoms with Crippen LogP contribution >= 0.6 is 11.3 Å². The van der Waals surface area contributed by atoms with E-state index in [1.807, 2.05) is 19.1 Å². The molecule has 3 N–H and O–H groups in total. The van der Waals surface area contributed by atoms with Crippen LogP contribution in [0.25, 0.3) is 17.0 Å². The first kappa shape index (κ1) is 22.5. The van der Waals surface area contributed by atoms with Gasteiger partial charge in [0.1, 0.15) is 16.3 Å². The highest BCUT2D eigenvalue weighted by atomic mass is 32.1. The summed E-state index contributed by atoms with van der Waals surface area (Å²) < 4.78 is 2.10. The molecule has 0 atom stereocenters. The Kier molecular flexibility index (Phi) is 5.85. The van der Waals surface area contributed by atoms with Gasteiger partial charge >= 0.3 is 0 Å². The minimum atomic E-state index is -0.507. The molecule has 8 nitrogen and oxygen atoms in total. The fourth-order valence-electron chi connectivity index (χ4n) is 4.36. The second-order valence-electron chi connectivity index (χ2n) is 9.06. The van der Waals surface area contributed by atoms with E-state index in [-0.39, 0.29) is 5.41 Å². The minimum Gasteiger partial charge on any atom is -0.384 e. The molecule has 0 saturated heterocycles. The molecule has 1 saturated carbocycles. The molecular weight excluding hydrogens is 448 g/mol. The summed E-state index contributed by atoms with van der Waals surface area (Å²) in [5.41, 5.74) is 8.01. The molecule has 34 heavy (non-hydrogen) atoms. The summed E-state index contributed by atoms with van der Waals surface area (Å²) in [6.45, 7) is 3.86. The Morgan fingerprint density at radius 2 is 1.97 bits per heavy atom. The molecule has 5 rings (SSSR count). The second-order valence-corrected chi connectivity index (χ2v) is 9.92. The molecule has 4 aromatic rings. The van der Waals surface area contributed by atoms with E-state index in [2.05, 4.69) is 52.4 Å². The first-order valence-electron chi connectivity index (χ1n) is 11.3. The zero-order valence-corrected chi connectivity index (χ0v) is 20.3. The van der Waals surface area contributed by atoms with E-state index >= 15 is 0 Å². The largest absolute Gasteiger partial charge is 0.384 e. The summed E-state index contributed by atoms with van der Waals surface area (Å²) in [5, 5.41) is 15.5. The fourth-order valence-corrected chi connectivity index (χ4v) is 5.45. The topological polar surface area (TPSA) is 94.8 Å². The standard InChI is InChI=1S/C25H28N6O2S/c1-16-22(31-12-8-19(14-21(31)27-16)26-11-13-30(2)3)20-15-34-24(28-20)25(9-10-25)18-6-4-17(5-7-18)23(32)29-33/h4-8,12,14-15,26,33H,9-11,13H2,1-3H3,(H,29,32). The molecule has 0 bridgehead atoms. The van der Waals surface area contributed by atoms with Crippen LogP contribution in [0.5, 0.6) is 0 Å². The van der Waals surface area contributed by atoms with Crippen LogP contribution in [0.4, 0.5) is 5.69 Å². The summed E-state index contributed by atoms with van der Waals surface area (Å²) in [7, 11) is 4.13. The summed E-state index contributed by atoms with van der Waals surface area (Å²) in [4.78, 5) is 23.6. The number of nitrogens with one attached hydrogen (secondary N) is 2. The molecule has 176 valence electrons. The zero-order valence-electron chi connectivity index (χ0n) is 19.5. The lowest BCUT2D eigenvalue weighted by Gasteiger charge is -2.13. The predicted octanol–water partition coefficient (Wildman–Crippen LogP) is 3.94. The third-order valence-corrected chi connectivity index (χ3v) is 7.44. The Balaban J connectivity index is 1.41. The van der Waals surface area contributed by atoms with Crippen LogP contribution in [0.3, 0.4) is 0 Å². The highest BCUT2D eigenvalue weighted by molar-refractivity contribution is 7.10. The third-order valence-electron chi connectivity index (χ3n) is 6.40. The number of thiazole rings is 1. The van der Waals surface area contributed by atoms with Crippen molar-refractivity contribution in [2.45, 2.75) is 25.2 Å². The van der Waals surface area contributed by atoms with Crippen molar-refractivity contribution < 1.29 is 10.0 Å². The van der Waals surface area contributed by atoms with Gasteiger partial charge in [0.2, 0.25) is 0 Å². The van der Waals surface area contributed by atoms with Gasteiger partial charge in [0, 0.05) is 47.4 Å². The van der Waals surface area contributed by atoms with Gasteiger partial charge in [0.25, 0.3) is 5.91 Å². The molecule has 0 radical (unpaired) electrons. The van der Waals surface area contributed by atoms with Gasteiger partial charge in [0.05, 0.1) is 11.4 Å². The number of hydrogen-bond donors (Lipinski definition) is 3. The molecule has 0 aliphatic heterocycles. The fraction of sp³-hybridized carbons (Fsp3) is 0.320. The maximum absolute atomic E-state index is 11.6. The summed E-state index contributed by atoms with van der Waals surface area (Å²) in [6.07, 6.45) is 4.11. The number of pyridine rings is 1. The van der Waals surface area contributed by atoms with Gasteiger partial charge in [-0.05, 0) is 57.6 Å². The Labute approximate surface area is 202 Å². The molecule has 0 unspecified atom stereocenters. The van der Waals surface area contributed by atoms with Crippen molar-refractivity contribution in [1.29, 1.82) is 0 Å². The molecule has 9 heteroatoms. The SMILES string of the molecule is Cc1nc2cc(NCCN(C)C)ccn2c1-c1csc(C2(c3ccc(C(=O)NO)cc3)CC2)n1. The average Bonchev–Trinajstić information content (AvgIpc) is 3.37. The van der Waals surface area contributed by atoms with E-state index in [0.717, 1.165) is 64.9 Å². The van der Waals surface area contributed by atoms with E-state index in [1.165, 1.54) is 0 Å². The maximum Gasteiger partial charge on any atom is 0.274 e. The van der Waals surface area contributed by atoms with Crippen LogP contribution in [-0.2, 0) is 5.41 Å². The number of benzene rings is 1. The summed E-state index contributed by atoms with van der Waals surface area (Å²) >= 11 is 1.67. The Hall–Kier alpha value is -3.27. The molecule has 0 spiro atoms. The number of aryl methyl sites for hydroxylation is 1. The van der Waals surface area contributed by atoms with Crippen molar-refractivity contribution in [3.63, 3.8) is 0 Å². The van der Waals surface area contributed by atoms with Crippen molar-refractivity contribution >= 4 is 28.6 Å². The number of hydrogen-bond acceptors (Lipinski definition) is 7. The number of likely N-dealkylation sites (N-methyl/N-ethyl adjacent to an activating group) is 1. The van der Waals surface area contributed by atoms with Crippen LogP contribution in [0.1, 0.15) is 39.5 Å². The van der Waals surface area contributed by atoms with Gasteiger partial charge in [-0.15, -0.1) is 11.3 Å². The first-order valence-corrected chi connectivity index (χ1v) is 12.2. The normalized spacial score (nSPS) is 14.5. The molecule has 1 aliphatic carbocycles. The second kappa shape index (κ2) is 8.83. The highest BCUT2D eigenvalue weighted by Crippen LogP contribution is 2.54. The van der Waals surface area contributed by atoms with E-state index in [4.69, 9.17) is 15.2 Å². The Morgan fingerprint density at radius 3 is 2.65 bits per heavy atom. The number of nitrogens with zero attached hydrogens (tertiary/aromatic N) is 4. The summed E-state index contributed by atoms with van der Waals surface area (Å²) in [6, 6.07) is 11.6. The number of hydroxylamine groups is 1. The smallest absolute Gasteiger partial charge is 0.274 e. The quantitative estimate of drug-likeness (QED) is 0.263. The lowest BCUT2D eigenvalue weighted by atomic mass is 9.95. The number of carbonyl (C=O) groups excluding carboxylic acids is 1. The van der Waals surface area contributed by atoms with Gasteiger partial charge in [-0.1, -0.05) is 12.1 Å². The van der Waals surface area contributed by atoms with E-state index in [0.29, 0.717) is 5.56 Å². The summed E-state index contributed by atoms with van der Waals surface area (Å²) in [5.74, 6) is -0.507. The number of amides is 1. The van der Waals surface area contributed by atoms with Gasteiger partial charge in [-0.2, -0.15) is 0 Å². The number of aromatic nitrogens is 3. The number of rotatable bonds is 8. The van der Waals surface area contributed by atoms with Crippen LogP contribution in [0, 0.1) is 6.92 Å². The van der Waals surface area contributed by atoms with Crippen LogP contribution in [0.2, 0.25) is 0 Å². The van der Waals surface area contributed by atoms with Crippen molar-refractivity contribution in [2.24, 2.45) is 0 Å². The van der Waals surface area contributed by atoms with Crippen LogP contribution < -0.4 is 10.8 Å². The third kappa shape index (κ3) is 4.06. The molecule has 1 fully saturated rings. The molecule has 1 amide bonds. The van der Waals surface area contributed by atoms with E-state index in [9.17, 15) is 4.79 Å². The monoisotopic (exact) mass is 476 g/mol. The first-order chi connectivity index (χ1) is 16.4. The average molecular weight is 477 g/mol. The van der Waals surface area contributed by atoms with Gasteiger partial charge in [-0.25, -0.2) is 15.4 Å². The minimum absolute atomic E-state index is 0.102. The number of anilines is 1. The lowest BCUT2D eigenvalue weighted by Crippen LogP contribution is -2.20. The van der Waals surface area contributed by atoms with E-state index < -0.39 is 5.91 Å². The number of carbonyl (C=O) groups is 1. The van der Waals surface area contributed by atoms with Gasteiger partial charge in [-0.3, -0.25) is 14.4 Å². The molecule has 1 aromatic carbocycles. The van der Waals surface area contributed by atoms with Gasteiger partial charge < -0.3 is 10.2 Å². The van der Waals surface area contributed by atoms with Crippen molar-refractivity contribution in [1.82, 2.24) is 24.7 Å². The van der Waals surface area contributed by atoms with Gasteiger partial charge in [0.15, 0.2) is 0 Å². The van der Waals surface area contributed by atoms with Crippen molar-refractivity contribution in [2.75, 3.05) is 32.5 Å². The van der Waals surface area contributed by atoms with E-state index in [1.54, 1.807) is 28.9 Å². The predicted molar refractivity (Wildman–Crippen MR) is 134 cm³/mol. The van der Waals surface area contributed by atoms with Crippen LogP contribution in [0.15, 0.2) is 48.0 Å². The number of fused-ring (bicyclic) bond motifs is 1. The zero-order chi connectivity index (χ0) is 23.9. The maximum atomic E-state index is 11.6. The molecular formula is C25H28N6O2S.